The highest BCUT2D eigenvalue weighted by atomic mass is 16.5. The number of carbonyl (C=O) groups is 1. The van der Waals surface area contributed by atoms with Crippen molar-refractivity contribution in [2.24, 2.45) is 5.92 Å². The van der Waals surface area contributed by atoms with Crippen LogP contribution in [-0.2, 0) is 9.53 Å². The minimum atomic E-state index is -0.737. The summed E-state index contributed by atoms with van der Waals surface area (Å²) in [6.07, 6.45) is 4.14. The van der Waals surface area contributed by atoms with Crippen LogP contribution in [0.2, 0.25) is 0 Å². The van der Waals surface area contributed by atoms with Crippen LogP contribution in [-0.4, -0.2) is 36.4 Å². The second kappa shape index (κ2) is 4.28. The van der Waals surface area contributed by atoms with Gasteiger partial charge < -0.3 is 15.2 Å². The first-order chi connectivity index (χ1) is 6.77. The van der Waals surface area contributed by atoms with Crippen molar-refractivity contribution in [1.29, 1.82) is 0 Å². The van der Waals surface area contributed by atoms with E-state index < -0.39 is 5.97 Å². The number of aliphatic carboxylic acids is 1. The monoisotopic (exact) mass is 199 g/mol. The van der Waals surface area contributed by atoms with E-state index in [1.807, 2.05) is 0 Å². The number of carboxylic acid groups (broad SMARTS) is 1. The molecule has 1 saturated carbocycles. The zero-order chi connectivity index (χ0) is 9.97. The molecule has 0 radical (unpaired) electrons. The third kappa shape index (κ3) is 2.45. The molecule has 2 rings (SSSR count). The Morgan fingerprint density at radius 2 is 2.21 bits per heavy atom. The maximum Gasteiger partial charge on any atom is 0.304 e. The first-order valence-electron chi connectivity index (χ1n) is 5.34. The summed E-state index contributed by atoms with van der Waals surface area (Å²) in [5.74, 6) is -0.000727. The van der Waals surface area contributed by atoms with Gasteiger partial charge in [0.05, 0.1) is 12.5 Å². The molecule has 2 fully saturated rings. The fourth-order valence-corrected chi connectivity index (χ4v) is 2.08. The van der Waals surface area contributed by atoms with Crippen molar-refractivity contribution in [3.8, 4) is 0 Å². The lowest BCUT2D eigenvalue weighted by atomic mass is 10.1. The van der Waals surface area contributed by atoms with Gasteiger partial charge in [0.2, 0.25) is 0 Å². The molecular formula is C10H17NO3. The van der Waals surface area contributed by atoms with Crippen molar-refractivity contribution >= 4 is 5.97 Å². The summed E-state index contributed by atoms with van der Waals surface area (Å²) >= 11 is 0. The average molecular weight is 199 g/mol. The molecule has 0 aromatic heterocycles. The fraction of sp³-hybridized carbons (Fsp3) is 0.900. The molecule has 2 atom stereocenters. The molecule has 2 N–H and O–H groups in total. The lowest BCUT2D eigenvalue weighted by molar-refractivity contribution is -0.136. The number of hydrogen-bond acceptors (Lipinski definition) is 3. The molecule has 2 aliphatic rings. The molecule has 0 bridgehead atoms. The highest BCUT2D eigenvalue weighted by Crippen LogP contribution is 2.38. The highest BCUT2D eigenvalue weighted by molar-refractivity contribution is 5.66. The molecule has 0 aromatic rings. The van der Waals surface area contributed by atoms with Gasteiger partial charge in [0.15, 0.2) is 0 Å². The smallest absolute Gasteiger partial charge is 0.304 e. The summed E-state index contributed by atoms with van der Waals surface area (Å²) in [6, 6.07) is 0.391. The van der Waals surface area contributed by atoms with Gasteiger partial charge >= 0.3 is 5.97 Å². The van der Waals surface area contributed by atoms with Crippen LogP contribution < -0.4 is 5.32 Å². The van der Waals surface area contributed by atoms with Crippen molar-refractivity contribution in [3.63, 3.8) is 0 Å². The number of carboxylic acids is 1. The Labute approximate surface area is 83.6 Å². The Morgan fingerprint density at radius 1 is 1.43 bits per heavy atom. The minimum Gasteiger partial charge on any atom is -0.481 e. The topological polar surface area (TPSA) is 58.6 Å². The second-order valence-corrected chi connectivity index (χ2v) is 4.17. The van der Waals surface area contributed by atoms with Crippen LogP contribution in [0.3, 0.4) is 0 Å². The van der Waals surface area contributed by atoms with Crippen molar-refractivity contribution in [1.82, 2.24) is 5.32 Å². The Hall–Kier alpha value is -0.610. The van der Waals surface area contributed by atoms with Crippen LogP contribution in [0.1, 0.15) is 25.7 Å². The Balaban J connectivity index is 1.70. The van der Waals surface area contributed by atoms with E-state index in [2.05, 4.69) is 5.32 Å². The van der Waals surface area contributed by atoms with Gasteiger partial charge in [-0.15, -0.1) is 0 Å². The minimum absolute atomic E-state index is 0.202. The lowest BCUT2D eigenvalue weighted by Crippen LogP contribution is -2.38. The zero-order valence-electron chi connectivity index (χ0n) is 8.24. The van der Waals surface area contributed by atoms with Crippen molar-refractivity contribution in [3.05, 3.63) is 0 Å². The van der Waals surface area contributed by atoms with Gasteiger partial charge in [-0.2, -0.15) is 0 Å². The first-order valence-corrected chi connectivity index (χ1v) is 5.34. The molecule has 0 spiro atoms. The standard InChI is InChI=1S/C10H17NO3/c12-9(13)3-5-11-8-4-6-14-10(8)7-1-2-7/h7-8,10-11H,1-6H2,(H,12,13). The molecule has 80 valence electrons. The lowest BCUT2D eigenvalue weighted by Gasteiger charge is -2.18. The van der Waals surface area contributed by atoms with E-state index in [1.54, 1.807) is 0 Å². The van der Waals surface area contributed by atoms with E-state index >= 15 is 0 Å². The largest absolute Gasteiger partial charge is 0.481 e. The van der Waals surface area contributed by atoms with E-state index in [-0.39, 0.29) is 6.42 Å². The predicted octanol–water partition coefficient (Wildman–Crippen LogP) is 0.618. The van der Waals surface area contributed by atoms with Crippen LogP contribution in [0.4, 0.5) is 0 Å². The van der Waals surface area contributed by atoms with Gasteiger partial charge in [0.1, 0.15) is 0 Å². The van der Waals surface area contributed by atoms with Crippen LogP contribution in [0.15, 0.2) is 0 Å². The van der Waals surface area contributed by atoms with E-state index in [9.17, 15) is 4.79 Å². The van der Waals surface area contributed by atoms with Gasteiger partial charge in [-0.25, -0.2) is 0 Å². The van der Waals surface area contributed by atoms with E-state index in [0.717, 1.165) is 18.9 Å². The van der Waals surface area contributed by atoms with Gasteiger partial charge in [-0.3, -0.25) is 4.79 Å². The first kappa shape index (κ1) is 9.93. The molecule has 2 unspecified atom stereocenters. The summed E-state index contributed by atoms with van der Waals surface area (Å²) < 4.78 is 5.64. The molecule has 1 saturated heterocycles. The highest BCUT2D eigenvalue weighted by Gasteiger charge is 2.40. The maximum absolute atomic E-state index is 10.3. The Morgan fingerprint density at radius 3 is 2.86 bits per heavy atom. The van der Waals surface area contributed by atoms with Gasteiger partial charge in [-0.05, 0) is 25.2 Å². The molecule has 4 nitrogen and oxygen atoms in total. The summed E-state index contributed by atoms with van der Waals surface area (Å²) in [4.78, 5) is 10.3. The quantitative estimate of drug-likeness (QED) is 0.681. The summed E-state index contributed by atoms with van der Waals surface area (Å²) in [5.41, 5.74) is 0. The third-order valence-electron chi connectivity index (χ3n) is 2.97. The molecule has 1 aliphatic heterocycles. The normalized spacial score (nSPS) is 32.0. The van der Waals surface area contributed by atoms with Crippen molar-refractivity contribution in [2.45, 2.75) is 37.8 Å². The van der Waals surface area contributed by atoms with Gasteiger partial charge in [0.25, 0.3) is 0 Å². The molecule has 4 heteroatoms. The van der Waals surface area contributed by atoms with Crippen LogP contribution in [0.25, 0.3) is 0 Å². The van der Waals surface area contributed by atoms with Crippen LogP contribution in [0.5, 0.6) is 0 Å². The molecule has 14 heavy (non-hydrogen) atoms. The Kier molecular flexibility index (Phi) is 3.03. The summed E-state index contributed by atoms with van der Waals surface area (Å²) in [5, 5.41) is 11.8. The van der Waals surface area contributed by atoms with Crippen molar-refractivity contribution in [2.75, 3.05) is 13.2 Å². The van der Waals surface area contributed by atoms with Crippen LogP contribution >= 0.6 is 0 Å². The third-order valence-corrected chi connectivity index (χ3v) is 2.97. The Bertz CT molecular complexity index is 215. The SMILES string of the molecule is O=C(O)CCNC1CCOC1C1CC1. The van der Waals surface area contributed by atoms with Gasteiger partial charge in [0, 0.05) is 19.2 Å². The molecule has 0 aromatic carbocycles. The van der Waals surface area contributed by atoms with Crippen LogP contribution in [0, 0.1) is 5.92 Å². The predicted molar refractivity (Wildman–Crippen MR) is 51.1 cm³/mol. The zero-order valence-corrected chi connectivity index (χ0v) is 8.24. The van der Waals surface area contributed by atoms with E-state index in [4.69, 9.17) is 9.84 Å². The molecule has 1 aliphatic carbocycles. The van der Waals surface area contributed by atoms with Gasteiger partial charge in [-0.1, -0.05) is 0 Å². The number of rotatable bonds is 5. The van der Waals surface area contributed by atoms with E-state index in [1.165, 1.54) is 12.8 Å². The fourth-order valence-electron chi connectivity index (χ4n) is 2.08. The number of ether oxygens (including phenoxy) is 1. The maximum atomic E-state index is 10.3. The number of hydrogen-bond donors (Lipinski definition) is 2. The van der Waals surface area contributed by atoms with E-state index in [0.29, 0.717) is 18.7 Å². The number of nitrogens with one attached hydrogen (secondary N) is 1. The average Bonchev–Trinajstić information content (AvgIpc) is 2.87. The van der Waals surface area contributed by atoms with Crippen molar-refractivity contribution < 1.29 is 14.6 Å². The molecule has 0 amide bonds. The summed E-state index contributed by atoms with van der Waals surface area (Å²) in [7, 11) is 0. The molecular weight excluding hydrogens is 182 g/mol. The summed E-state index contributed by atoms with van der Waals surface area (Å²) in [6.45, 7) is 1.39. The molecule has 1 heterocycles. The second-order valence-electron chi connectivity index (χ2n) is 4.17.